The number of nitriles is 1. The van der Waals surface area contributed by atoms with Crippen molar-refractivity contribution in [1.29, 1.82) is 5.26 Å². The second-order valence-corrected chi connectivity index (χ2v) is 12.0. The molecule has 0 N–H and O–H groups in total. The molecule has 44 heavy (non-hydrogen) atoms. The molecule has 3 aliphatic heterocycles. The van der Waals surface area contributed by atoms with Gasteiger partial charge in [0.15, 0.2) is 0 Å². The SMILES string of the molecule is C=CC(=O)N1CCN(c2nc(OCCN(C)C3CCOC3)nc3c2CCN(c2cccc4cccc(Cl)c24)C3)C[C@@H]1CC#N. The van der Waals surface area contributed by atoms with Crippen molar-refractivity contribution in [3.05, 3.63) is 65.3 Å². The zero-order valence-corrected chi connectivity index (χ0v) is 25.9. The summed E-state index contributed by atoms with van der Waals surface area (Å²) < 4.78 is 11.8. The number of benzene rings is 2. The van der Waals surface area contributed by atoms with Crippen LogP contribution >= 0.6 is 11.6 Å². The number of rotatable bonds is 9. The first-order valence-electron chi connectivity index (χ1n) is 15.2. The van der Waals surface area contributed by atoms with E-state index in [1.165, 1.54) is 6.08 Å². The first-order chi connectivity index (χ1) is 21.5. The number of carbonyl (C=O) groups is 1. The van der Waals surface area contributed by atoms with Crippen LogP contribution in [0.25, 0.3) is 10.8 Å². The first kappa shape index (κ1) is 30.1. The number of hydrogen-bond acceptors (Lipinski definition) is 9. The highest BCUT2D eigenvalue weighted by atomic mass is 35.5. The van der Waals surface area contributed by atoms with Crippen molar-refractivity contribution in [3.8, 4) is 12.1 Å². The molecule has 2 atom stereocenters. The Bertz CT molecular complexity index is 1570. The molecular weight excluding hydrogens is 578 g/mol. The van der Waals surface area contributed by atoms with E-state index in [-0.39, 0.29) is 18.4 Å². The van der Waals surface area contributed by atoms with E-state index in [4.69, 9.17) is 31.0 Å². The number of anilines is 2. The van der Waals surface area contributed by atoms with E-state index in [2.05, 4.69) is 58.7 Å². The second kappa shape index (κ2) is 13.4. The van der Waals surface area contributed by atoms with E-state index in [0.29, 0.717) is 44.8 Å². The number of hydrogen-bond donors (Lipinski definition) is 0. The van der Waals surface area contributed by atoms with Crippen molar-refractivity contribution in [2.45, 2.75) is 37.9 Å². The van der Waals surface area contributed by atoms with Crippen LogP contribution in [0.5, 0.6) is 6.01 Å². The van der Waals surface area contributed by atoms with Gasteiger partial charge in [-0.25, -0.2) is 0 Å². The maximum absolute atomic E-state index is 12.5. The number of fused-ring (bicyclic) bond motifs is 2. The van der Waals surface area contributed by atoms with Crippen LogP contribution in [0.4, 0.5) is 11.5 Å². The van der Waals surface area contributed by atoms with Crippen LogP contribution < -0.4 is 14.5 Å². The highest BCUT2D eigenvalue weighted by Gasteiger charge is 2.33. The minimum atomic E-state index is -0.255. The largest absolute Gasteiger partial charge is 0.462 e. The van der Waals surface area contributed by atoms with Gasteiger partial charge in [0, 0.05) is 62.0 Å². The average Bonchev–Trinajstić information content (AvgIpc) is 3.59. The number of nitrogens with zero attached hydrogens (tertiary/aromatic N) is 7. The number of carbonyl (C=O) groups excluding carboxylic acids is 1. The molecule has 0 aliphatic carbocycles. The fourth-order valence-electron chi connectivity index (χ4n) is 6.53. The highest BCUT2D eigenvalue weighted by molar-refractivity contribution is 6.36. The van der Waals surface area contributed by atoms with Crippen molar-refractivity contribution < 1.29 is 14.3 Å². The van der Waals surface area contributed by atoms with E-state index < -0.39 is 0 Å². The Morgan fingerprint density at radius 1 is 1.23 bits per heavy atom. The zero-order chi connectivity index (χ0) is 30.6. The van der Waals surface area contributed by atoms with E-state index in [1.807, 2.05) is 12.1 Å². The molecule has 2 saturated heterocycles. The quantitative estimate of drug-likeness (QED) is 0.330. The summed E-state index contributed by atoms with van der Waals surface area (Å²) in [7, 11) is 2.09. The Hall–Kier alpha value is -3.91. The van der Waals surface area contributed by atoms with Gasteiger partial charge in [-0.3, -0.25) is 9.69 Å². The Kier molecular flexibility index (Phi) is 9.17. The molecule has 11 heteroatoms. The molecule has 1 unspecified atom stereocenters. The van der Waals surface area contributed by atoms with Crippen LogP contribution in [0.2, 0.25) is 5.02 Å². The van der Waals surface area contributed by atoms with Gasteiger partial charge in [0.05, 0.1) is 42.4 Å². The second-order valence-electron chi connectivity index (χ2n) is 11.6. The highest BCUT2D eigenvalue weighted by Crippen LogP contribution is 2.37. The van der Waals surface area contributed by atoms with Crippen molar-refractivity contribution >= 4 is 39.8 Å². The Morgan fingerprint density at radius 3 is 2.84 bits per heavy atom. The number of halogens is 1. The number of aromatic nitrogens is 2. The smallest absolute Gasteiger partial charge is 0.318 e. The zero-order valence-electron chi connectivity index (χ0n) is 25.1. The normalized spacial score (nSPS) is 20.1. The standard InChI is InChI=1S/C33H38ClN7O3/c1-3-30(42)41-16-15-40(20-24(41)10-13-35)32-26-11-14-39(29-9-5-7-23-6-4-8-27(34)31(23)29)21-28(26)36-33(37-32)44-19-17-38(2)25-12-18-43-22-25/h3-9,24-25H,1,10-12,14-22H2,2H3/t24-,25?/m0/s1. The molecule has 10 nitrogen and oxygen atoms in total. The van der Waals surface area contributed by atoms with Gasteiger partial charge in [-0.15, -0.1) is 0 Å². The molecule has 2 fully saturated rings. The molecule has 2 aromatic carbocycles. The Balaban J connectivity index is 1.30. The summed E-state index contributed by atoms with van der Waals surface area (Å²) in [6.07, 6.45) is 3.32. The van der Waals surface area contributed by atoms with Crippen molar-refractivity contribution in [2.75, 3.05) is 69.4 Å². The fourth-order valence-corrected chi connectivity index (χ4v) is 6.81. The summed E-state index contributed by atoms with van der Waals surface area (Å²) in [4.78, 5) is 31.0. The van der Waals surface area contributed by atoms with Gasteiger partial charge in [0.25, 0.3) is 0 Å². The lowest BCUT2D eigenvalue weighted by Crippen LogP contribution is -2.55. The van der Waals surface area contributed by atoms with Gasteiger partial charge >= 0.3 is 6.01 Å². The van der Waals surface area contributed by atoms with Gasteiger partial charge in [0.1, 0.15) is 12.4 Å². The summed E-state index contributed by atoms with van der Waals surface area (Å²) in [5.41, 5.74) is 3.08. The van der Waals surface area contributed by atoms with E-state index in [9.17, 15) is 10.1 Å². The van der Waals surface area contributed by atoms with E-state index in [1.54, 1.807) is 4.90 Å². The predicted molar refractivity (Wildman–Crippen MR) is 171 cm³/mol. The molecule has 6 rings (SSSR count). The lowest BCUT2D eigenvalue weighted by Gasteiger charge is -2.42. The fraction of sp³-hybridized carbons (Fsp3) is 0.455. The number of likely N-dealkylation sites (N-methyl/N-ethyl adjacent to an activating group) is 1. The molecule has 1 aromatic heterocycles. The number of ether oxygens (including phenoxy) is 2. The maximum atomic E-state index is 12.5. The third-order valence-corrected chi connectivity index (χ3v) is 9.28. The molecule has 1 amide bonds. The van der Waals surface area contributed by atoms with Gasteiger partial charge in [-0.2, -0.15) is 15.2 Å². The molecule has 0 radical (unpaired) electrons. The molecule has 4 heterocycles. The molecule has 3 aromatic rings. The van der Waals surface area contributed by atoms with Gasteiger partial charge < -0.3 is 24.2 Å². The minimum Gasteiger partial charge on any atom is -0.462 e. The number of piperazine rings is 1. The van der Waals surface area contributed by atoms with Crippen LogP contribution in [-0.2, 0) is 22.5 Å². The minimum absolute atomic E-state index is 0.153. The van der Waals surface area contributed by atoms with Crippen LogP contribution in [-0.4, -0.2) is 97.4 Å². The van der Waals surface area contributed by atoms with Crippen molar-refractivity contribution in [3.63, 3.8) is 0 Å². The van der Waals surface area contributed by atoms with Gasteiger partial charge in [0.2, 0.25) is 5.91 Å². The maximum Gasteiger partial charge on any atom is 0.318 e. The van der Waals surface area contributed by atoms with Crippen LogP contribution in [0.3, 0.4) is 0 Å². The first-order valence-corrected chi connectivity index (χ1v) is 15.6. The van der Waals surface area contributed by atoms with Gasteiger partial charge in [-0.05, 0) is 43.5 Å². The summed E-state index contributed by atoms with van der Waals surface area (Å²) in [5, 5.41) is 12.4. The van der Waals surface area contributed by atoms with Gasteiger partial charge in [-0.1, -0.05) is 42.4 Å². The van der Waals surface area contributed by atoms with Crippen molar-refractivity contribution in [2.24, 2.45) is 0 Å². The molecule has 0 bridgehead atoms. The Labute approximate surface area is 263 Å². The van der Waals surface area contributed by atoms with Crippen LogP contribution in [0.15, 0.2) is 49.1 Å². The molecule has 230 valence electrons. The topological polar surface area (TPSA) is 98.1 Å². The summed E-state index contributed by atoms with van der Waals surface area (Å²) in [5.74, 6) is 0.673. The molecular formula is C33H38ClN7O3. The predicted octanol–water partition coefficient (Wildman–Crippen LogP) is 4.06. The molecule has 0 saturated carbocycles. The third-order valence-electron chi connectivity index (χ3n) is 8.97. The van der Waals surface area contributed by atoms with E-state index in [0.717, 1.165) is 77.7 Å². The van der Waals surface area contributed by atoms with E-state index >= 15 is 0 Å². The summed E-state index contributed by atoms with van der Waals surface area (Å²) in [6, 6.07) is 15.0. The third kappa shape index (κ3) is 6.18. The molecule has 3 aliphatic rings. The lowest BCUT2D eigenvalue weighted by molar-refractivity contribution is -0.128. The van der Waals surface area contributed by atoms with Crippen molar-refractivity contribution in [1.82, 2.24) is 19.8 Å². The lowest BCUT2D eigenvalue weighted by atomic mass is 10.0. The summed E-state index contributed by atoms with van der Waals surface area (Å²) >= 11 is 6.70. The monoisotopic (exact) mass is 615 g/mol. The van der Waals surface area contributed by atoms with Crippen LogP contribution in [0.1, 0.15) is 24.1 Å². The molecule has 0 spiro atoms. The Morgan fingerprint density at radius 2 is 2.07 bits per heavy atom. The average molecular weight is 616 g/mol. The summed E-state index contributed by atoms with van der Waals surface area (Å²) in [6.45, 7) is 9.32. The van der Waals surface area contributed by atoms with Crippen LogP contribution in [0, 0.1) is 11.3 Å². The number of amides is 1.